The van der Waals surface area contributed by atoms with Gasteiger partial charge >= 0.3 is 0 Å². The highest BCUT2D eigenvalue weighted by atomic mass is 35.5. The number of nitrogens with two attached hydrogens (primary N) is 1. The standard InChI is InChI=1S/C32H41ClN4O2/c1-6-24(18-21(5)36-7-2)39-25-15-12-22(13-16-25)30(35)27-19-23(14-17-29(27)34)32(38)37-31(20(3)4)26-10-8-9-11-28(26)33/h8-17,19-21,24,31,35-36H,6-7,18,34H2,1-5H3,(H,37,38). The molecule has 3 aromatic rings. The Morgan fingerprint density at radius 2 is 1.67 bits per heavy atom. The summed E-state index contributed by atoms with van der Waals surface area (Å²) in [5.74, 6) is 0.644. The van der Waals surface area contributed by atoms with Crippen LogP contribution < -0.4 is 21.1 Å². The van der Waals surface area contributed by atoms with Gasteiger partial charge in [-0.25, -0.2) is 0 Å². The van der Waals surface area contributed by atoms with Gasteiger partial charge in [0.15, 0.2) is 0 Å². The highest BCUT2D eigenvalue weighted by Gasteiger charge is 2.22. The number of halogens is 1. The molecule has 5 N–H and O–H groups in total. The molecule has 3 rings (SSSR count). The number of amides is 1. The number of anilines is 1. The molecule has 7 heteroatoms. The monoisotopic (exact) mass is 548 g/mol. The minimum atomic E-state index is -0.258. The van der Waals surface area contributed by atoms with Crippen molar-refractivity contribution in [3.63, 3.8) is 0 Å². The van der Waals surface area contributed by atoms with Gasteiger partial charge in [-0.1, -0.05) is 57.5 Å². The lowest BCUT2D eigenvalue weighted by molar-refractivity contribution is 0.0925. The Bertz CT molecular complexity index is 1260. The molecular formula is C32H41ClN4O2. The van der Waals surface area contributed by atoms with E-state index in [9.17, 15) is 4.79 Å². The number of benzene rings is 3. The first-order valence-electron chi connectivity index (χ1n) is 13.7. The second kappa shape index (κ2) is 14.2. The highest BCUT2D eigenvalue weighted by molar-refractivity contribution is 6.31. The lowest BCUT2D eigenvalue weighted by atomic mass is 9.95. The van der Waals surface area contributed by atoms with Gasteiger partial charge in [-0.05, 0) is 86.3 Å². The van der Waals surface area contributed by atoms with E-state index in [1.807, 2.05) is 62.4 Å². The quantitative estimate of drug-likeness (QED) is 0.136. The van der Waals surface area contributed by atoms with Gasteiger partial charge in [0.05, 0.1) is 17.9 Å². The van der Waals surface area contributed by atoms with E-state index in [0.29, 0.717) is 33.4 Å². The van der Waals surface area contributed by atoms with Crippen molar-refractivity contribution in [1.29, 1.82) is 5.41 Å². The lowest BCUT2D eigenvalue weighted by Crippen LogP contribution is -2.32. The van der Waals surface area contributed by atoms with Crippen LogP contribution in [0.2, 0.25) is 5.02 Å². The molecule has 3 unspecified atom stereocenters. The average molecular weight is 549 g/mol. The maximum absolute atomic E-state index is 13.3. The second-order valence-electron chi connectivity index (χ2n) is 10.3. The van der Waals surface area contributed by atoms with Crippen LogP contribution in [-0.2, 0) is 0 Å². The SMILES string of the molecule is CCNC(C)CC(CC)Oc1ccc(C(=N)c2cc(C(=O)NC(c3ccccc3Cl)C(C)C)ccc2N)cc1. The summed E-state index contributed by atoms with van der Waals surface area (Å²) in [4.78, 5) is 13.3. The van der Waals surface area contributed by atoms with Crippen molar-refractivity contribution in [3.05, 3.63) is 94.0 Å². The zero-order chi connectivity index (χ0) is 28.5. The number of hydrogen-bond donors (Lipinski definition) is 4. The van der Waals surface area contributed by atoms with Crippen LogP contribution in [0.1, 0.15) is 80.6 Å². The fourth-order valence-corrected chi connectivity index (χ4v) is 4.90. The molecule has 0 heterocycles. The van der Waals surface area contributed by atoms with Crippen molar-refractivity contribution >= 4 is 28.9 Å². The minimum absolute atomic E-state index is 0.107. The van der Waals surface area contributed by atoms with Crippen LogP contribution in [0, 0.1) is 11.3 Å². The largest absolute Gasteiger partial charge is 0.490 e. The molecule has 0 aliphatic rings. The fraction of sp³-hybridized carbons (Fsp3) is 0.375. The Balaban J connectivity index is 1.76. The Morgan fingerprint density at radius 1 is 1.00 bits per heavy atom. The van der Waals surface area contributed by atoms with Crippen LogP contribution in [0.15, 0.2) is 66.7 Å². The molecule has 0 aliphatic carbocycles. The van der Waals surface area contributed by atoms with Crippen LogP contribution in [0.4, 0.5) is 5.69 Å². The Kier molecular flexibility index (Phi) is 11.0. The van der Waals surface area contributed by atoms with Crippen molar-refractivity contribution < 1.29 is 9.53 Å². The summed E-state index contributed by atoms with van der Waals surface area (Å²) in [5, 5.41) is 16.0. The predicted octanol–water partition coefficient (Wildman–Crippen LogP) is 7.01. The van der Waals surface area contributed by atoms with Gasteiger partial charge in [-0.2, -0.15) is 0 Å². The number of ether oxygens (including phenoxy) is 1. The van der Waals surface area contributed by atoms with E-state index in [1.165, 1.54) is 0 Å². The first-order chi connectivity index (χ1) is 18.6. The minimum Gasteiger partial charge on any atom is -0.490 e. The molecule has 0 radical (unpaired) electrons. The molecule has 0 spiro atoms. The summed E-state index contributed by atoms with van der Waals surface area (Å²) in [5.41, 5.74) is 9.43. The zero-order valence-electron chi connectivity index (χ0n) is 23.6. The molecule has 3 aromatic carbocycles. The van der Waals surface area contributed by atoms with Crippen LogP contribution in [0.3, 0.4) is 0 Å². The van der Waals surface area contributed by atoms with Gasteiger partial charge in [0.2, 0.25) is 0 Å². The van der Waals surface area contributed by atoms with Crippen LogP contribution in [0.25, 0.3) is 0 Å². The summed E-state index contributed by atoms with van der Waals surface area (Å²) in [6.45, 7) is 11.4. The second-order valence-corrected chi connectivity index (χ2v) is 10.7. The smallest absolute Gasteiger partial charge is 0.251 e. The first kappa shape index (κ1) is 30.2. The lowest BCUT2D eigenvalue weighted by Gasteiger charge is -2.24. The molecule has 0 fully saturated rings. The van der Waals surface area contributed by atoms with E-state index in [0.717, 1.165) is 30.7 Å². The molecule has 6 nitrogen and oxygen atoms in total. The van der Waals surface area contributed by atoms with E-state index in [1.54, 1.807) is 18.2 Å². The van der Waals surface area contributed by atoms with Crippen molar-refractivity contribution in [2.45, 2.75) is 65.6 Å². The zero-order valence-corrected chi connectivity index (χ0v) is 24.3. The number of carbonyl (C=O) groups is 1. The average Bonchev–Trinajstić information content (AvgIpc) is 2.92. The fourth-order valence-electron chi connectivity index (χ4n) is 4.64. The number of rotatable bonds is 13. The molecule has 3 atom stereocenters. The van der Waals surface area contributed by atoms with Gasteiger partial charge in [-0.3, -0.25) is 10.2 Å². The molecule has 0 aromatic heterocycles. The number of carbonyl (C=O) groups excluding carboxylic acids is 1. The van der Waals surface area contributed by atoms with Crippen molar-refractivity contribution in [2.75, 3.05) is 12.3 Å². The van der Waals surface area contributed by atoms with E-state index in [4.69, 9.17) is 27.5 Å². The van der Waals surface area contributed by atoms with E-state index >= 15 is 0 Å². The van der Waals surface area contributed by atoms with E-state index in [-0.39, 0.29) is 29.7 Å². The van der Waals surface area contributed by atoms with Gasteiger partial charge in [0.25, 0.3) is 5.91 Å². The first-order valence-corrected chi connectivity index (χ1v) is 14.1. The summed E-state index contributed by atoms with van der Waals surface area (Å²) in [7, 11) is 0. The van der Waals surface area contributed by atoms with Crippen molar-refractivity contribution in [2.24, 2.45) is 5.92 Å². The van der Waals surface area contributed by atoms with E-state index < -0.39 is 0 Å². The molecule has 0 saturated heterocycles. The van der Waals surface area contributed by atoms with Crippen molar-refractivity contribution in [3.8, 4) is 5.75 Å². The maximum Gasteiger partial charge on any atom is 0.251 e. The van der Waals surface area contributed by atoms with E-state index in [2.05, 4.69) is 31.4 Å². The third kappa shape index (κ3) is 8.07. The summed E-state index contributed by atoms with van der Waals surface area (Å²) in [6, 6.07) is 20.2. The Hall–Kier alpha value is -3.35. The third-order valence-corrected chi connectivity index (χ3v) is 7.19. The van der Waals surface area contributed by atoms with Crippen LogP contribution >= 0.6 is 11.6 Å². The number of nitrogens with one attached hydrogen (secondary N) is 3. The summed E-state index contributed by atoms with van der Waals surface area (Å²) >= 11 is 6.42. The topological polar surface area (TPSA) is 100 Å². The molecule has 0 bridgehead atoms. The Morgan fingerprint density at radius 3 is 2.28 bits per heavy atom. The van der Waals surface area contributed by atoms with Gasteiger partial charge in [-0.15, -0.1) is 0 Å². The number of nitrogen functional groups attached to an aromatic ring is 1. The van der Waals surface area contributed by atoms with Crippen molar-refractivity contribution in [1.82, 2.24) is 10.6 Å². The van der Waals surface area contributed by atoms with Crippen LogP contribution in [0.5, 0.6) is 5.75 Å². The molecule has 39 heavy (non-hydrogen) atoms. The molecule has 0 aliphatic heterocycles. The summed E-state index contributed by atoms with van der Waals surface area (Å²) < 4.78 is 6.20. The maximum atomic E-state index is 13.3. The number of hydrogen-bond acceptors (Lipinski definition) is 5. The normalized spacial score (nSPS) is 13.5. The summed E-state index contributed by atoms with van der Waals surface area (Å²) in [6.07, 6.45) is 1.93. The van der Waals surface area contributed by atoms with Crippen LogP contribution in [-0.4, -0.2) is 30.3 Å². The van der Waals surface area contributed by atoms with Gasteiger partial charge in [0.1, 0.15) is 5.75 Å². The molecule has 1 amide bonds. The highest BCUT2D eigenvalue weighted by Crippen LogP contribution is 2.29. The molecule has 208 valence electrons. The third-order valence-electron chi connectivity index (χ3n) is 6.85. The molecular weight excluding hydrogens is 508 g/mol. The van der Waals surface area contributed by atoms with Gasteiger partial charge < -0.3 is 21.1 Å². The predicted molar refractivity (Wildman–Crippen MR) is 162 cm³/mol. The molecule has 0 saturated carbocycles. The Labute approximate surface area is 237 Å². The van der Waals surface area contributed by atoms with Gasteiger partial charge in [0, 0.05) is 33.4 Å².